The van der Waals surface area contributed by atoms with E-state index in [-0.39, 0.29) is 5.78 Å². The molecular formula is C13H22ClN3O. The normalized spacial score (nSPS) is 11.2. The first-order chi connectivity index (χ1) is 8.49. The molecule has 0 saturated carbocycles. The van der Waals surface area contributed by atoms with E-state index in [1.54, 1.807) is 0 Å². The maximum atomic E-state index is 11.9. The highest BCUT2D eigenvalue weighted by atomic mass is 35.5. The summed E-state index contributed by atoms with van der Waals surface area (Å²) in [6.45, 7) is 9.17. The van der Waals surface area contributed by atoms with Gasteiger partial charge in [0.2, 0.25) is 0 Å². The number of Topliss-reactive ketones (excluding diaryl/α,β-unsaturated/α-hetero) is 1. The summed E-state index contributed by atoms with van der Waals surface area (Å²) >= 11 is 6.26. The van der Waals surface area contributed by atoms with Crippen LogP contribution in [0, 0.1) is 0 Å². The van der Waals surface area contributed by atoms with E-state index in [0.29, 0.717) is 24.0 Å². The van der Waals surface area contributed by atoms with Gasteiger partial charge in [-0.25, -0.2) is 0 Å². The Balaban J connectivity index is 2.77. The lowest BCUT2D eigenvalue weighted by Gasteiger charge is -2.08. The van der Waals surface area contributed by atoms with Gasteiger partial charge in [0, 0.05) is 12.6 Å². The minimum Gasteiger partial charge on any atom is -0.308 e. The monoisotopic (exact) mass is 271 g/mol. The molecule has 0 spiro atoms. The van der Waals surface area contributed by atoms with Gasteiger partial charge in [0.05, 0.1) is 29.4 Å². The second-order valence-corrected chi connectivity index (χ2v) is 5.01. The third-order valence-electron chi connectivity index (χ3n) is 2.77. The highest BCUT2D eigenvalue weighted by molar-refractivity contribution is 6.32. The zero-order valence-corrected chi connectivity index (χ0v) is 12.3. The molecule has 0 bridgehead atoms. The number of carbonyl (C=O) groups is 1. The summed E-state index contributed by atoms with van der Waals surface area (Å²) in [6.07, 6.45) is 1.14. The second kappa shape index (κ2) is 6.90. The van der Waals surface area contributed by atoms with Crippen molar-refractivity contribution in [1.29, 1.82) is 0 Å². The molecular weight excluding hydrogens is 250 g/mol. The summed E-state index contributed by atoms with van der Waals surface area (Å²) in [5, 5.41) is 8.18. The van der Waals surface area contributed by atoms with E-state index in [0.717, 1.165) is 24.4 Å². The maximum absolute atomic E-state index is 11.9. The van der Waals surface area contributed by atoms with E-state index in [4.69, 9.17) is 11.6 Å². The number of hydrogen-bond donors (Lipinski definition) is 1. The SMILES string of the molecule is CCc1nn(CC)c(CC(=O)CNC(C)C)c1Cl. The van der Waals surface area contributed by atoms with E-state index >= 15 is 0 Å². The minimum absolute atomic E-state index is 0.142. The molecule has 1 aromatic heterocycles. The molecule has 1 rings (SSSR count). The van der Waals surface area contributed by atoms with Crippen molar-refractivity contribution in [1.82, 2.24) is 15.1 Å². The molecule has 0 aliphatic carbocycles. The summed E-state index contributed by atoms with van der Waals surface area (Å²) in [4.78, 5) is 11.9. The molecule has 0 unspecified atom stereocenters. The first-order valence-electron chi connectivity index (χ1n) is 6.48. The predicted molar refractivity (Wildman–Crippen MR) is 74.1 cm³/mol. The molecule has 1 aromatic rings. The third-order valence-corrected chi connectivity index (χ3v) is 3.20. The largest absolute Gasteiger partial charge is 0.308 e. The molecule has 102 valence electrons. The van der Waals surface area contributed by atoms with Gasteiger partial charge >= 0.3 is 0 Å². The number of ketones is 1. The Morgan fingerprint density at radius 2 is 2.11 bits per heavy atom. The van der Waals surface area contributed by atoms with Gasteiger partial charge < -0.3 is 5.32 Å². The van der Waals surface area contributed by atoms with Crippen molar-refractivity contribution < 1.29 is 4.79 Å². The number of nitrogens with zero attached hydrogens (tertiary/aromatic N) is 2. The van der Waals surface area contributed by atoms with Gasteiger partial charge in [0.1, 0.15) is 0 Å². The molecule has 1 N–H and O–H groups in total. The smallest absolute Gasteiger partial charge is 0.152 e. The molecule has 5 heteroatoms. The van der Waals surface area contributed by atoms with Crippen LogP contribution >= 0.6 is 11.6 Å². The fourth-order valence-electron chi connectivity index (χ4n) is 1.75. The average Bonchev–Trinajstić information content (AvgIpc) is 2.63. The van der Waals surface area contributed by atoms with Crippen LogP contribution in [0.5, 0.6) is 0 Å². The quantitative estimate of drug-likeness (QED) is 0.827. The number of rotatable bonds is 7. The molecule has 0 fully saturated rings. The molecule has 4 nitrogen and oxygen atoms in total. The minimum atomic E-state index is 0.142. The Morgan fingerprint density at radius 3 is 2.61 bits per heavy atom. The number of carbonyl (C=O) groups excluding carboxylic acids is 1. The van der Waals surface area contributed by atoms with Crippen LogP contribution in [0.3, 0.4) is 0 Å². The average molecular weight is 272 g/mol. The lowest BCUT2D eigenvalue weighted by atomic mass is 10.2. The molecule has 1 heterocycles. The van der Waals surface area contributed by atoms with Crippen LogP contribution < -0.4 is 5.32 Å². The van der Waals surface area contributed by atoms with Crippen LogP contribution in [0.4, 0.5) is 0 Å². The lowest BCUT2D eigenvalue weighted by molar-refractivity contribution is -0.117. The lowest BCUT2D eigenvalue weighted by Crippen LogP contribution is -2.30. The van der Waals surface area contributed by atoms with Crippen molar-refractivity contribution >= 4 is 17.4 Å². The summed E-state index contributed by atoms with van der Waals surface area (Å²) in [5.41, 5.74) is 1.71. The van der Waals surface area contributed by atoms with Crippen molar-refractivity contribution in [3.05, 3.63) is 16.4 Å². The van der Waals surface area contributed by atoms with Crippen molar-refractivity contribution in [3.8, 4) is 0 Å². The Hall–Kier alpha value is -0.870. The van der Waals surface area contributed by atoms with Gasteiger partial charge in [-0.05, 0) is 13.3 Å². The van der Waals surface area contributed by atoms with E-state index in [9.17, 15) is 4.79 Å². The molecule has 0 aromatic carbocycles. The topological polar surface area (TPSA) is 46.9 Å². The zero-order chi connectivity index (χ0) is 13.7. The Kier molecular flexibility index (Phi) is 5.82. The van der Waals surface area contributed by atoms with Gasteiger partial charge in [-0.15, -0.1) is 0 Å². The standard InChI is InChI=1S/C13H22ClN3O/c1-5-11-13(14)12(17(6-2)16-11)7-10(18)8-15-9(3)4/h9,15H,5-8H2,1-4H3. The molecule has 0 atom stereocenters. The van der Waals surface area contributed by atoms with Gasteiger partial charge in [-0.1, -0.05) is 32.4 Å². The number of aryl methyl sites for hydroxylation is 2. The molecule has 18 heavy (non-hydrogen) atoms. The maximum Gasteiger partial charge on any atom is 0.152 e. The highest BCUT2D eigenvalue weighted by Crippen LogP contribution is 2.22. The predicted octanol–water partition coefficient (Wildman–Crippen LogP) is 2.23. The number of hydrogen-bond acceptors (Lipinski definition) is 3. The van der Waals surface area contributed by atoms with Gasteiger partial charge in [0.25, 0.3) is 0 Å². The van der Waals surface area contributed by atoms with Gasteiger partial charge in [-0.3, -0.25) is 9.48 Å². The first kappa shape index (κ1) is 15.2. The number of aromatic nitrogens is 2. The molecule has 0 aliphatic rings. The van der Waals surface area contributed by atoms with Gasteiger partial charge in [-0.2, -0.15) is 5.10 Å². The van der Waals surface area contributed by atoms with Crippen molar-refractivity contribution in [2.24, 2.45) is 0 Å². The summed E-state index contributed by atoms with van der Waals surface area (Å²) in [5.74, 6) is 0.142. The van der Waals surface area contributed by atoms with E-state index in [2.05, 4.69) is 10.4 Å². The van der Waals surface area contributed by atoms with Crippen molar-refractivity contribution in [2.45, 2.75) is 53.1 Å². The number of halogens is 1. The van der Waals surface area contributed by atoms with Crippen LogP contribution in [0.2, 0.25) is 5.02 Å². The van der Waals surface area contributed by atoms with E-state index in [1.165, 1.54) is 0 Å². The zero-order valence-electron chi connectivity index (χ0n) is 11.6. The van der Waals surface area contributed by atoms with E-state index in [1.807, 2.05) is 32.4 Å². The van der Waals surface area contributed by atoms with Crippen LogP contribution in [0.15, 0.2) is 0 Å². The fourth-order valence-corrected chi connectivity index (χ4v) is 2.09. The fraction of sp³-hybridized carbons (Fsp3) is 0.692. The van der Waals surface area contributed by atoms with Crippen LogP contribution in [-0.4, -0.2) is 28.2 Å². The van der Waals surface area contributed by atoms with E-state index < -0.39 is 0 Å². The first-order valence-corrected chi connectivity index (χ1v) is 6.86. The van der Waals surface area contributed by atoms with Crippen LogP contribution in [0.1, 0.15) is 39.1 Å². The summed E-state index contributed by atoms with van der Waals surface area (Å²) in [7, 11) is 0. The summed E-state index contributed by atoms with van der Waals surface area (Å²) in [6, 6.07) is 0.312. The third kappa shape index (κ3) is 3.82. The van der Waals surface area contributed by atoms with Gasteiger partial charge in [0.15, 0.2) is 5.78 Å². The highest BCUT2D eigenvalue weighted by Gasteiger charge is 2.17. The molecule has 0 saturated heterocycles. The Labute approximate surface area is 114 Å². The van der Waals surface area contributed by atoms with Crippen LogP contribution in [0.25, 0.3) is 0 Å². The van der Waals surface area contributed by atoms with Crippen molar-refractivity contribution in [3.63, 3.8) is 0 Å². The molecule has 0 aliphatic heterocycles. The van der Waals surface area contributed by atoms with Crippen LogP contribution in [-0.2, 0) is 24.2 Å². The van der Waals surface area contributed by atoms with Crippen molar-refractivity contribution in [2.75, 3.05) is 6.54 Å². The summed E-state index contributed by atoms with van der Waals surface area (Å²) < 4.78 is 1.83. The molecule has 0 radical (unpaired) electrons. The molecule has 0 amide bonds. The Bertz CT molecular complexity index is 413. The number of nitrogens with one attached hydrogen (secondary N) is 1. The second-order valence-electron chi connectivity index (χ2n) is 4.63. The Morgan fingerprint density at radius 1 is 1.44 bits per heavy atom.